The highest BCUT2D eigenvalue weighted by Crippen LogP contribution is 2.51. The Hall–Kier alpha value is -2.20. The van der Waals surface area contributed by atoms with Gasteiger partial charge >= 0.3 is 5.97 Å². The fourth-order valence-electron chi connectivity index (χ4n) is 4.88. The van der Waals surface area contributed by atoms with Gasteiger partial charge in [-0.2, -0.15) is 0 Å². The Morgan fingerprint density at radius 1 is 1.12 bits per heavy atom. The molecule has 0 aliphatic carbocycles. The van der Waals surface area contributed by atoms with E-state index in [2.05, 4.69) is 40.2 Å². The van der Waals surface area contributed by atoms with Gasteiger partial charge in [0.05, 0.1) is 5.56 Å². The van der Waals surface area contributed by atoms with Crippen LogP contribution in [0.1, 0.15) is 47.2 Å². The summed E-state index contributed by atoms with van der Waals surface area (Å²) in [4.78, 5) is 19.1. The van der Waals surface area contributed by atoms with Crippen LogP contribution in [-0.4, -0.2) is 27.9 Å². The van der Waals surface area contributed by atoms with E-state index in [9.17, 15) is 4.79 Å². The zero-order chi connectivity index (χ0) is 16.1. The van der Waals surface area contributed by atoms with Gasteiger partial charge in [0.25, 0.3) is 0 Å². The number of rotatable bonds is 2. The smallest absolute Gasteiger partial charge is 0.339 e. The van der Waals surface area contributed by atoms with Crippen LogP contribution in [0.3, 0.4) is 0 Å². The van der Waals surface area contributed by atoms with Gasteiger partial charge in [0, 0.05) is 49.4 Å². The molecule has 2 unspecified atom stereocenters. The summed E-state index contributed by atoms with van der Waals surface area (Å²) in [5.74, 6) is -0.177. The third kappa shape index (κ3) is 2.02. The predicted octanol–water partition coefficient (Wildman–Crippen LogP) is 3.27. The van der Waals surface area contributed by atoms with Crippen molar-refractivity contribution in [3.05, 3.63) is 65.5 Å². The molecule has 2 fully saturated rings. The van der Waals surface area contributed by atoms with E-state index in [0.29, 0.717) is 17.6 Å². The quantitative estimate of drug-likeness (QED) is 0.797. The van der Waals surface area contributed by atoms with Gasteiger partial charge in [0.1, 0.15) is 5.60 Å². The number of carbonyl (C=O) groups is 1. The normalized spacial score (nSPS) is 31.2. The Bertz CT molecular complexity index is 775. The molecule has 5 rings (SSSR count). The summed E-state index contributed by atoms with van der Waals surface area (Å²) >= 11 is 0. The van der Waals surface area contributed by atoms with E-state index in [-0.39, 0.29) is 5.97 Å². The van der Waals surface area contributed by atoms with Crippen molar-refractivity contribution >= 4 is 5.97 Å². The number of benzene rings is 1. The molecule has 1 aromatic heterocycles. The molecular formula is C20H20N2O2. The molecule has 2 saturated heterocycles. The third-order valence-electron chi connectivity index (χ3n) is 5.93. The number of fused-ring (bicyclic) bond motifs is 4. The second kappa shape index (κ2) is 5.15. The van der Waals surface area contributed by atoms with Crippen LogP contribution in [0, 0.1) is 0 Å². The summed E-state index contributed by atoms with van der Waals surface area (Å²) in [6.45, 7) is 0.986. The van der Waals surface area contributed by atoms with E-state index in [4.69, 9.17) is 4.74 Å². The molecule has 2 bridgehead atoms. The van der Waals surface area contributed by atoms with Gasteiger partial charge in [0.2, 0.25) is 0 Å². The third-order valence-corrected chi connectivity index (χ3v) is 5.93. The number of carbonyl (C=O) groups excluding carboxylic acids is 1. The second-order valence-electron chi connectivity index (χ2n) is 7.26. The summed E-state index contributed by atoms with van der Waals surface area (Å²) in [5, 5.41) is 0. The molecule has 1 aromatic carbocycles. The second-order valence-corrected chi connectivity index (χ2v) is 7.26. The largest absolute Gasteiger partial charge is 0.450 e. The van der Waals surface area contributed by atoms with Crippen LogP contribution < -0.4 is 0 Å². The molecule has 122 valence electrons. The number of piperidine rings is 1. The molecule has 0 N–H and O–H groups in total. The maximum absolute atomic E-state index is 12.3. The monoisotopic (exact) mass is 320 g/mol. The molecule has 0 saturated carbocycles. The summed E-state index contributed by atoms with van der Waals surface area (Å²) in [5.41, 5.74) is 2.63. The Balaban J connectivity index is 1.45. The van der Waals surface area contributed by atoms with Crippen LogP contribution in [0.5, 0.6) is 0 Å². The molecule has 2 atom stereocenters. The van der Waals surface area contributed by atoms with Gasteiger partial charge in [-0.15, -0.1) is 0 Å². The lowest BCUT2D eigenvalue weighted by Gasteiger charge is -2.44. The lowest BCUT2D eigenvalue weighted by Crippen LogP contribution is -2.49. The molecule has 1 spiro atoms. The molecule has 4 heteroatoms. The van der Waals surface area contributed by atoms with Crippen molar-refractivity contribution in [3.8, 4) is 0 Å². The molecule has 4 heterocycles. The predicted molar refractivity (Wildman–Crippen MR) is 89.4 cm³/mol. The summed E-state index contributed by atoms with van der Waals surface area (Å²) in [6, 6.07) is 13.4. The molecule has 3 aliphatic rings. The van der Waals surface area contributed by atoms with Gasteiger partial charge in [0.15, 0.2) is 0 Å². The van der Waals surface area contributed by atoms with Crippen molar-refractivity contribution in [2.75, 3.05) is 0 Å². The highest BCUT2D eigenvalue weighted by atomic mass is 16.6. The summed E-state index contributed by atoms with van der Waals surface area (Å²) < 4.78 is 5.93. The maximum Gasteiger partial charge on any atom is 0.339 e. The van der Waals surface area contributed by atoms with E-state index in [1.54, 1.807) is 12.3 Å². The van der Waals surface area contributed by atoms with Crippen LogP contribution in [0.15, 0.2) is 48.8 Å². The van der Waals surface area contributed by atoms with E-state index >= 15 is 0 Å². The standard InChI is InChI=1S/C20H20N2O2/c23-19-17-8-9-21-12-18(17)20(24-19)10-15-6-7-16(11-20)22(15)13-14-4-2-1-3-5-14/h1-5,8-9,12,15-16H,6-7,10-11,13H2. The van der Waals surface area contributed by atoms with Gasteiger partial charge < -0.3 is 4.74 Å². The van der Waals surface area contributed by atoms with Crippen molar-refractivity contribution in [2.24, 2.45) is 0 Å². The SMILES string of the molecule is O=C1OC2(CC3CCC(C2)N3Cc2ccccc2)c2cnccc21. The first-order chi connectivity index (χ1) is 11.8. The number of aromatic nitrogens is 1. The number of pyridine rings is 1. The topological polar surface area (TPSA) is 42.4 Å². The molecule has 4 nitrogen and oxygen atoms in total. The van der Waals surface area contributed by atoms with Gasteiger partial charge in [-0.3, -0.25) is 9.88 Å². The van der Waals surface area contributed by atoms with E-state index in [1.807, 2.05) is 6.20 Å². The van der Waals surface area contributed by atoms with Gasteiger partial charge in [-0.05, 0) is 24.5 Å². The lowest BCUT2D eigenvalue weighted by molar-refractivity contribution is -0.0671. The molecule has 3 aliphatic heterocycles. The van der Waals surface area contributed by atoms with Crippen LogP contribution in [-0.2, 0) is 16.9 Å². The fraction of sp³-hybridized carbons (Fsp3) is 0.400. The Morgan fingerprint density at radius 3 is 2.62 bits per heavy atom. The van der Waals surface area contributed by atoms with Crippen molar-refractivity contribution in [1.82, 2.24) is 9.88 Å². The van der Waals surface area contributed by atoms with Crippen molar-refractivity contribution in [3.63, 3.8) is 0 Å². The highest BCUT2D eigenvalue weighted by molar-refractivity contribution is 5.94. The molecule has 0 amide bonds. The lowest BCUT2D eigenvalue weighted by atomic mass is 9.80. The molecular weight excluding hydrogens is 300 g/mol. The van der Waals surface area contributed by atoms with Crippen LogP contribution >= 0.6 is 0 Å². The first kappa shape index (κ1) is 14.2. The van der Waals surface area contributed by atoms with Crippen LogP contribution in [0.4, 0.5) is 0 Å². The van der Waals surface area contributed by atoms with Crippen molar-refractivity contribution in [2.45, 2.75) is 49.9 Å². The average Bonchev–Trinajstić information content (AvgIpc) is 3.01. The minimum atomic E-state index is -0.445. The fourth-order valence-corrected chi connectivity index (χ4v) is 4.88. The van der Waals surface area contributed by atoms with E-state index in [1.165, 1.54) is 18.4 Å². The van der Waals surface area contributed by atoms with Crippen molar-refractivity contribution < 1.29 is 9.53 Å². The molecule has 2 aromatic rings. The minimum Gasteiger partial charge on any atom is -0.450 e. The Labute approximate surface area is 141 Å². The molecule has 24 heavy (non-hydrogen) atoms. The van der Waals surface area contributed by atoms with E-state index in [0.717, 1.165) is 24.9 Å². The van der Waals surface area contributed by atoms with Crippen LogP contribution in [0.25, 0.3) is 0 Å². The van der Waals surface area contributed by atoms with Crippen molar-refractivity contribution in [1.29, 1.82) is 0 Å². The molecule has 0 radical (unpaired) electrons. The minimum absolute atomic E-state index is 0.177. The zero-order valence-corrected chi connectivity index (χ0v) is 13.5. The Morgan fingerprint density at radius 2 is 1.88 bits per heavy atom. The van der Waals surface area contributed by atoms with Crippen LogP contribution in [0.2, 0.25) is 0 Å². The van der Waals surface area contributed by atoms with E-state index < -0.39 is 5.60 Å². The zero-order valence-electron chi connectivity index (χ0n) is 13.5. The first-order valence-corrected chi connectivity index (χ1v) is 8.73. The number of nitrogens with zero attached hydrogens (tertiary/aromatic N) is 2. The first-order valence-electron chi connectivity index (χ1n) is 8.73. The number of hydrogen-bond donors (Lipinski definition) is 0. The summed E-state index contributed by atoms with van der Waals surface area (Å²) in [6.07, 6.45) is 7.67. The Kier molecular flexibility index (Phi) is 3.04. The highest BCUT2D eigenvalue weighted by Gasteiger charge is 2.55. The maximum atomic E-state index is 12.3. The summed E-state index contributed by atoms with van der Waals surface area (Å²) in [7, 11) is 0. The number of esters is 1. The average molecular weight is 320 g/mol. The number of hydrogen-bond acceptors (Lipinski definition) is 4. The number of ether oxygens (including phenoxy) is 1. The van der Waals surface area contributed by atoms with Gasteiger partial charge in [-0.1, -0.05) is 30.3 Å². The van der Waals surface area contributed by atoms with Gasteiger partial charge in [-0.25, -0.2) is 4.79 Å².